The minimum atomic E-state index is -0.0959. The van der Waals surface area contributed by atoms with Gasteiger partial charge in [-0.25, -0.2) is 9.36 Å². The number of hydrogen-bond donors (Lipinski definition) is 0. The molecule has 0 radical (unpaired) electrons. The largest absolute Gasteiger partial charge is 0.296 e. The van der Waals surface area contributed by atoms with Crippen LogP contribution in [0.5, 0.6) is 0 Å². The number of aromatic nitrogens is 4. The van der Waals surface area contributed by atoms with Gasteiger partial charge in [-0.1, -0.05) is 37.5 Å². The van der Waals surface area contributed by atoms with Crippen molar-refractivity contribution in [2.24, 2.45) is 5.92 Å². The van der Waals surface area contributed by atoms with Gasteiger partial charge in [0.05, 0.1) is 18.6 Å². The van der Waals surface area contributed by atoms with Gasteiger partial charge in [0.1, 0.15) is 0 Å². The summed E-state index contributed by atoms with van der Waals surface area (Å²) in [4.78, 5) is 15.5. The second kappa shape index (κ2) is 7.51. The Morgan fingerprint density at radius 1 is 1.00 bits per heavy atom. The molecule has 1 aliphatic heterocycles. The maximum Gasteiger partial charge on any atom is 0.296 e. The van der Waals surface area contributed by atoms with E-state index in [1.807, 2.05) is 36.5 Å². The zero-order chi connectivity index (χ0) is 18.9. The van der Waals surface area contributed by atoms with E-state index in [0.29, 0.717) is 18.2 Å². The minimum Gasteiger partial charge on any atom is -0.281 e. The van der Waals surface area contributed by atoms with Crippen LogP contribution in [0.4, 0.5) is 0 Å². The number of nitrogens with zero attached hydrogens (tertiary/aromatic N) is 5. The van der Waals surface area contributed by atoms with Crippen LogP contribution in [0.2, 0.25) is 0 Å². The van der Waals surface area contributed by atoms with Crippen molar-refractivity contribution < 1.29 is 0 Å². The van der Waals surface area contributed by atoms with Crippen LogP contribution in [0.1, 0.15) is 44.9 Å². The molecule has 1 aromatic carbocycles. The predicted octanol–water partition coefficient (Wildman–Crippen LogP) is 3.58. The minimum absolute atomic E-state index is 0.0959. The molecule has 1 aliphatic carbocycles. The van der Waals surface area contributed by atoms with Gasteiger partial charge in [0.2, 0.25) is 0 Å². The van der Waals surface area contributed by atoms with Crippen molar-refractivity contribution in [2.75, 3.05) is 6.54 Å². The Morgan fingerprint density at radius 3 is 2.64 bits per heavy atom. The smallest absolute Gasteiger partial charge is 0.281 e. The zero-order valence-corrected chi connectivity index (χ0v) is 16.2. The first-order valence-corrected chi connectivity index (χ1v) is 10.5. The Morgan fingerprint density at radius 2 is 1.82 bits per heavy atom. The van der Waals surface area contributed by atoms with Gasteiger partial charge in [-0.2, -0.15) is 10.2 Å². The molecular formula is C22H27N5O. The van der Waals surface area contributed by atoms with E-state index in [-0.39, 0.29) is 5.56 Å². The van der Waals surface area contributed by atoms with Gasteiger partial charge >= 0.3 is 0 Å². The van der Waals surface area contributed by atoms with Crippen LogP contribution in [0.25, 0.3) is 16.6 Å². The van der Waals surface area contributed by atoms with Gasteiger partial charge in [-0.05, 0) is 43.7 Å². The molecule has 1 atom stereocenters. The molecule has 2 aliphatic rings. The normalized spacial score (nSPS) is 21.5. The van der Waals surface area contributed by atoms with Crippen molar-refractivity contribution in [3.8, 4) is 5.69 Å². The lowest BCUT2D eigenvalue weighted by atomic mass is 9.83. The maximum atomic E-state index is 13.0. The summed E-state index contributed by atoms with van der Waals surface area (Å²) in [5, 5.41) is 9.80. The van der Waals surface area contributed by atoms with E-state index in [9.17, 15) is 4.79 Å². The Kier molecular flexibility index (Phi) is 4.72. The van der Waals surface area contributed by atoms with E-state index < -0.39 is 0 Å². The summed E-state index contributed by atoms with van der Waals surface area (Å²) in [5.74, 6) is 0.785. The molecule has 3 aromatic rings. The van der Waals surface area contributed by atoms with Gasteiger partial charge < -0.3 is 0 Å². The predicted molar refractivity (Wildman–Crippen MR) is 109 cm³/mol. The molecule has 2 fully saturated rings. The molecule has 146 valence electrons. The highest BCUT2D eigenvalue weighted by molar-refractivity contribution is 5.76. The van der Waals surface area contributed by atoms with Crippen LogP contribution >= 0.6 is 0 Å². The second-order valence-electron chi connectivity index (χ2n) is 8.22. The van der Waals surface area contributed by atoms with Crippen molar-refractivity contribution in [3.05, 3.63) is 53.1 Å². The molecule has 1 saturated heterocycles. The number of likely N-dealkylation sites (tertiary alicyclic amines) is 1. The van der Waals surface area contributed by atoms with Crippen LogP contribution in [0.3, 0.4) is 0 Å². The van der Waals surface area contributed by atoms with Crippen LogP contribution in [0, 0.1) is 5.92 Å². The summed E-state index contributed by atoms with van der Waals surface area (Å²) in [6.07, 6.45) is 12.9. The van der Waals surface area contributed by atoms with Gasteiger partial charge in [-0.15, -0.1) is 0 Å². The van der Waals surface area contributed by atoms with E-state index in [1.165, 1.54) is 44.9 Å². The van der Waals surface area contributed by atoms with E-state index in [1.54, 1.807) is 15.6 Å². The number of benzene rings is 1. The van der Waals surface area contributed by atoms with Crippen LogP contribution in [-0.4, -0.2) is 37.0 Å². The Bertz CT molecular complexity index is 1000. The van der Waals surface area contributed by atoms with Gasteiger partial charge in [-0.3, -0.25) is 9.69 Å². The lowest BCUT2D eigenvalue weighted by Gasteiger charge is -2.33. The van der Waals surface area contributed by atoms with E-state index in [2.05, 4.69) is 15.1 Å². The first-order valence-electron chi connectivity index (χ1n) is 10.5. The summed E-state index contributed by atoms with van der Waals surface area (Å²) in [5.41, 5.74) is 1.34. The quantitative estimate of drug-likeness (QED) is 0.697. The van der Waals surface area contributed by atoms with Crippen LogP contribution < -0.4 is 5.56 Å². The van der Waals surface area contributed by atoms with Crippen molar-refractivity contribution in [1.29, 1.82) is 0 Å². The lowest BCUT2D eigenvalue weighted by molar-refractivity contribution is 0.119. The third-order valence-electron chi connectivity index (χ3n) is 6.46. The standard InChI is InChI=1S/C22H27N5O/c28-22-21-18(15-26(24-21)19-10-5-2-6-11-19)14-23-27(22)16-25-13-7-12-20(25)17-8-3-1-4-9-17/h2,5-6,10-11,14-15,17,20H,1,3-4,7-9,12-13,16H2/t20-/m0/s1. The molecule has 28 heavy (non-hydrogen) atoms. The van der Waals surface area contributed by atoms with Gasteiger partial charge in [0, 0.05) is 24.2 Å². The van der Waals surface area contributed by atoms with Crippen molar-refractivity contribution in [1.82, 2.24) is 24.5 Å². The molecular weight excluding hydrogens is 350 g/mol. The fourth-order valence-electron chi connectivity index (χ4n) is 5.02. The first kappa shape index (κ1) is 17.6. The summed E-state index contributed by atoms with van der Waals surface area (Å²) in [6.45, 7) is 1.64. The van der Waals surface area contributed by atoms with Gasteiger partial charge in [0.15, 0.2) is 5.52 Å². The zero-order valence-electron chi connectivity index (χ0n) is 16.2. The van der Waals surface area contributed by atoms with E-state index >= 15 is 0 Å². The number of rotatable bonds is 4. The Hall–Kier alpha value is -2.47. The molecule has 6 heteroatoms. The van der Waals surface area contributed by atoms with E-state index in [4.69, 9.17) is 0 Å². The third-order valence-corrected chi connectivity index (χ3v) is 6.46. The molecule has 5 rings (SSSR count). The summed E-state index contributed by atoms with van der Waals surface area (Å²) in [7, 11) is 0. The lowest BCUT2D eigenvalue weighted by Crippen LogP contribution is -2.40. The van der Waals surface area contributed by atoms with Crippen molar-refractivity contribution in [2.45, 2.75) is 57.7 Å². The molecule has 6 nitrogen and oxygen atoms in total. The number of hydrogen-bond acceptors (Lipinski definition) is 4. The number of para-hydroxylation sites is 1. The highest BCUT2D eigenvalue weighted by atomic mass is 16.1. The Labute approximate surface area is 164 Å². The second-order valence-corrected chi connectivity index (χ2v) is 8.22. The summed E-state index contributed by atoms with van der Waals surface area (Å²) >= 11 is 0. The summed E-state index contributed by atoms with van der Waals surface area (Å²) < 4.78 is 3.37. The highest BCUT2D eigenvalue weighted by Gasteiger charge is 2.32. The average Bonchev–Trinajstić information content (AvgIpc) is 3.39. The van der Waals surface area contributed by atoms with Crippen molar-refractivity contribution >= 4 is 10.9 Å². The fourth-order valence-corrected chi connectivity index (χ4v) is 5.02. The molecule has 0 N–H and O–H groups in total. The molecule has 1 saturated carbocycles. The molecule has 0 amide bonds. The topological polar surface area (TPSA) is 56.0 Å². The Balaban J connectivity index is 1.41. The van der Waals surface area contributed by atoms with E-state index in [0.717, 1.165) is 23.5 Å². The number of fused-ring (bicyclic) bond motifs is 1. The highest BCUT2D eigenvalue weighted by Crippen LogP contribution is 2.34. The maximum absolute atomic E-state index is 13.0. The summed E-state index contributed by atoms with van der Waals surface area (Å²) in [6, 6.07) is 10.5. The van der Waals surface area contributed by atoms with Crippen LogP contribution in [0.15, 0.2) is 47.5 Å². The van der Waals surface area contributed by atoms with Gasteiger partial charge in [0.25, 0.3) is 5.56 Å². The van der Waals surface area contributed by atoms with Crippen molar-refractivity contribution in [3.63, 3.8) is 0 Å². The fraction of sp³-hybridized carbons (Fsp3) is 0.500. The molecule has 0 spiro atoms. The third kappa shape index (κ3) is 3.26. The van der Waals surface area contributed by atoms with Crippen LogP contribution in [-0.2, 0) is 6.67 Å². The molecule has 3 heterocycles. The SMILES string of the molecule is O=c1c2nn(-c3ccccc3)cc2cnn1CN1CCC[C@H]1C1CCCCC1. The average molecular weight is 377 g/mol. The molecule has 2 aromatic heterocycles. The monoisotopic (exact) mass is 377 g/mol. The molecule has 0 bridgehead atoms. The first-order chi connectivity index (χ1) is 13.8. The molecule has 0 unspecified atom stereocenters.